The van der Waals surface area contributed by atoms with Gasteiger partial charge in [0.15, 0.2) is 0 Å². The van der Waals surface area contributed by atoms with E-state index in [1.54, 1.807) is 6.92 Å². The molecular weight excluding hydrogens is 308 g/mol. The summed E-state index contributed by atoms with van der Waals surface area (Å²) in [5, 5.41) is 18.9. The van der Waals surface area contributed by atoms with Crippen molar-refractivity contribution in [3.05, 3.63) is 31.5 Å². The maximum atomic E-state index is 11.7. The molecule has 0 amide bonds. The number of rotatable bonds is 2. The molecule has 18 heavy (non-hydrogen) atoms. The Morgan fingerprint density at radius 3 is 2.78 bits per heavy atom. The molecule has 1 aliphatic rings. The summed E-state index contributed by atoms with van der Waals surface area (Å²) in [6.07, 6.45) is -1.01. The van der Waals surface area contributed by atoms with Gasteiger partial charge in [-0.05, 0) is 15.9 Å². The minimum atomic E-state index is -0.863. The second kappa shape index (κ2) is 4.96. The molecule has 0 aliphatic carbocycles. The van der Waals surface area contributed by atoms with Gasteiger partial charge in [-0.15, -0.1) is 0 Å². The Bertz CT molecular complexity index is 554. The number of hydrogen-bond donors (Lipinski definition) is 3. The normalized spacial score (nSPS) is 31.8. The molecule has 0 spiro atoms. The van der Waals surface area contributed by atoms with E-state index in [-0.39, 0.29) is 17.0 Å². The highest BCUT2D eigenvalue weighted by Gasteiger charge is 2.41. The standard InChI is InChI=1S/C10H13BrN2O5/c1-4-7(15)6(3-14)18-9(4)13-2-5(11)8(16)12-10(13)17/h2,4,6-7,9,14-15H,3H2,1H3,(H,12,16,17)/t4-,6+,7-,9+/m0/s1. The predicted molar refractivity (Wildman–Crippen MR) is 65.2 cm³/mol. The summed E-state index contributed by atoms with van der Waals surface area (Å²) in [7, 11) is 0. The molecule has 1 aromatic rings. The van der Waals surface area contributed by atoms with Crippen molar-refractivity contribution in [3.8, 4) is 0 Å². The van der Waals surface area contributed by atoms with Crippen LogP contribution in [0.3, 0.4) is 0 Å². The summed E-state index contributed by atoms with van der Waals surface area (Å²) in [5.41, 5.74) is -1.15. The number of ether oxygens (including phenoxy) is 1. The molecule has 2 heterocycles. The van der Waals surface area contributed by atoms with E-state index < -0.39 is 29.7 Å². The third-order valence-electron chi connectivity index (χ3n) is 3.06. The lowest BCUT2D eigenvalue weighted by Crippen LogP contribution is -2.34. The van der Waals surface area contributed by atoms with E-state index in [0.29, 0.717) is 0 Å². The van der Waals surface area contributed by atoms with E-state index in [9.17, 15) is 14.7 Å². The number of halogens is 1. The number of H-pyrrole nitrogens is 1. The lowest BCUT2D eigenvalue weighted by atomic mass is 10.0. The van der Waals surface area contributed by atoms with Gasteiger partial charge in [0.25, 0.3) is 5.56 Å². The summed E-state index contributed by atoms with van der Waals surface area (Å²) in [6, 6.07) is 0. The Kier molecular flexibility index (Phi) is 3.71. The van der Waals surface area contributed by atoms with Crippen molar-refractivity contribution in [1.29, 1.82) is 0 Å². The smallest absolute Gasteiger partial charge is 0.330 e. The fourth-order valence-electron chi connectivity index (χ4n) is 2.01. The largest absolute Gasteiger partial charge is 0.394 e. The van der Waals surface area contributed by atoms with Crippen LogP contribution >= 0.6 is 15.9 Å². The van der Waals surface area contributed by atoms with E-state index >= 15 is 0 Å². The van der Waals surface area contributed by atoms with Crippen LogP contribution in [0.15, 0.2) is 20.3 Å². The molecule has 1 aromatic heterocycles. The first-order valence-electron chi connectivity index (χ1n) is 5.41. The fraction of sp³-hybridized carbons (Fsp3) is 0.600. The third kappa shape index (κ3) is 2.16. The van der Waals surface area contributed by atoms with Gasteiger partial charge < -0.3 is 14.9 Å². The van der Waals surface area contributed by atoms with Crippen molar-refractivity contribution in [2.45, 2.75) is 25.4 Å². The monoisotopic (exact) mass is 320 g/mol. The number of nitrogens with zero attached hydrogens (tertiary/aromatic N) is 1. The van der Waals surface area contributed by atoms with Gasteiger partial charge >= 0.3 is 5.69 Å². The fourth-order valence-corrected chi connectivity index (χ4v) is 2.33. The van der Waals surface area contributed by atoms with Gasteiger partial charge in [0.05, 0.1) is 17.2 Å². The number of aromatic amines is 1. The van der Waals surface area contributed by atoms with Crippen molar-refractivity contribution < 1.29 is 14.9 Å². The van der Waals surface area contributed by atoms with Gasteiger partial charge in [-0.2, -0.15) is 0 Å². The topological polar surface area (TPSA) is 105 Å². The van der Waals surface area contributed by atoms with Gasteiger partial charge in [-0.3, -0.25) is 14.3 Å². The van der Waals surface area contributed by atoms with E-state index in [0.717, 1.165) is 0 Å². The molecule has 7 nitrogen and oxygen atoms in total. The Labute approximate surface area is 110 Å². The van der Waals surface area contributed by atoms with Crippen molar-refractivity contribution in [1.82, 2.24) is 9.55 Å². The molecule has 0 bridgehead atoms. The van der Waals surface area contributed by atoms with Crippen LogP contribution in [0.2, 0.25) is 0 Å². The summed E-state index contributed by atoms with van der Waals surface area (Å²) >= 11 is 3.02. The molecule has 0 saturated carbocycles. The second-order valence-electron chi connectivity index (χ2n) is 4.24. The van der Waals surface area contributed by atoms with Crippen molar-refractivity contribution in [3.63, 3.8) is 0 Å². The van der Waals surface area contributed by atoms with E-state index in [4.69, 9.17) is 9.84 Å². The lowest BCUT2D eigenvalue weighted by Gasteiger charge is -2.18. The zero-order chi connectivity index (χ0) is 13.4. The van der Waals surface area contributed by atoms with Crippen LogP contribution in [0.1, 0.15) is 13.2 Å². The van der Waals surface area contributed by atoms with E-state index in [1.165, 1.54) is 10.8 Å². The van der Waals surface area contributed by atoms with Crippen LogP contribution in [0.5, 0.6) is 0 Å². The van der Waals surface area contributed by atoms with Gasteiger partial charge in [-0.1, -0.05) is 6.92 Å². The molecular formula is C10H13BrN2O5. The lowest BCUT2D eigenvalue weighted by molar-refractivity contribution is -0.0477. The zero-order valence-corrected chi connectivity index (χ0v) is 11.1. The minimum absolute atomic E-state index is 0.194. The average molecular weight is 321 g/mol. The molecule has 1 saturated heterocycles. The summed E-state index contributed by atoms with van der Waals surface area (Å²) in [4.78, 5) is 25.0. The number of aliphatic hydroxyl groups excluding tert-OH is 2. The maximum absolute atomic E-state index is 11.7. The molecule has 3 N–H and O–H groups in total. The Morgan fingerprint density at radius 1 is 1.56 bits per heavy atom. The van der Waals surface area contributed by atoms with Crippen LogP contribution in [0, 0.1) is 5.92 Å². The zero-order valence-electron chi connectivity index (χ0n) is 9.54. The first-order chi connectivity index (χ1) is 8.45. The van der Waals surface area contributed by atoms with Crippen LogP contribution in [0.4, 0.5) is 0 Å². The van der Waals surface area contributed by atoms with Gasteiger partial charge in [0, 0.05) is 12.1 Å². The summed E-state index contributed by atoms with van der Waals surface area (Å²) in [5.74, 6) is -0.377. The Hall–Kier alpha value is -0.960. The van der Waals surface area contributed by atoms with Crippen molar-refractivity contribution in [2.75, 3.05) is 6.61 Å². The second-order valence-corrected chi connectivity index (χ2v) is 5.10. The van der Waals surface area contributed by atoms with Crippen molar-refractivity contribution >= 4 is 15.9 Å². The SMILES string of the molecule is C[C@H]1[C@H](O)[C@@H](CO)O[C@H]1n1cc(Br)c(=O)[nH]c1=O. The molecule has 1 aliphatic heterocycles. The van der Waals surface area contributed by atoms with Gasteiger partial charge in [-0.25, -0.2) is 4.79 Å². The van der Waals surface area contributed by atoms with Crippen molar-refractivity contribution in [2.24, 2.45) is 5.92 Å². The van der Waals surface area contributed by atoms with E-state index in [1.807, 2.05) is 0 Å². The number of aliphatic hydroxyl groups is 2. The predicted octanol–water partition coefficient (Wildman–Crippen LogP) is -0.814. The minimum Gasteiger partial charge on any atom is -0.394 e. The quantitative estimate of drug-likeness (QED) is 0.661. The van der Waals surface area contributed by atoms with Crippen LogP contribution in [-0.2, 0) is 4.74 Å². The van der Waals surface area contributed by atoms with Gasteiger partial charge in [0.1, 0.15) is 12.3 Å². The average Bonchev–Trinajstić information content (AvgIpc) is 2.61. The summed E-state index contributed by atoms with van der Waals surface area (Å²) < 4.78 is 6.80. The van der Waals surface area contributed by atoms with Crippen LogP contribution < -0.4 is 11.2 Å². The molecule has 4 atom stereocenters. The molecule has 0 unspecified atom stereocenters. The highest BCUT2D eigenvalue weighted by atomic mass is 79.9. The maximum Gasteiger partial charge on any atom is 0.330 e. The summed E-state index contributed by atoms with van der Waals surface area (Å²) in [6.45, 7) is 1.37. The Morgan fingerprint density at radius 2 is 2.22 bits per heavy atom. The number of aromatic nitrogens is 2. The van der Waals surface area contributed by atoms with Crippen LogP contribution in [-0.4, -0.2) is 38.6 Å². The van der Waals surface area contributed by atoms with E-state index in [2.05, 4.69) is 20.9 Å². The van der Waals surface area contributed by atoms with Gasteiger partial charge in [0.2, 0.25) is 0 Å². The molecule has 0 radical (unpaired) electrons. The molecule has 1 fully saturated rings. The first-order valence-corrected chi connectivity index (χ1v) is 6.20. The highest BCUT2D eigenvalue weighted by Crippen LogP contribution is 2.33. The highest BCUT2D eigenvalue weighted by molar-refractivity contribution is 9.10. The molecule has 100 valence electrons. The molecule has 2 rings (SSSR count). The molecule has 0 aromatic carbocycles. The number of nitrogens with one attached hydrogen (secondary N) is 1. The van der Waals surface area contributed by atoms with Crippen LogP contribution in [0.25, 0.3) is 0 Å². The Balaban J connectivity index is 2.42. The third-order valence-corrected chi connectivity index (χ3v) is 3.63. The number of hydrogen-bond acceptors (Lipinski definition) is 5. The molecule has 8 heteroatoms. The first kappa shape index (κ1) is 13.5.